The van der Waals surface area contributed by atoms with Crippen LogP contribution < -0.4 is 4.90 Å². The van der Waals surface area contributed by atoms with E-state index in [1.807, 2.05) is 60.3 Å². The minimum absolute atomic E-state index is 0.00430. The molecule has 1 aliphatic rings. The number of anilines is 1. The summed E-state index contributed by atoms with van der Waals surface area (Å²) in [5, 5.41) is 11.9. The van der Waals surface area contributed by atoms with Gasteiger partial charge >= 0.3 is 5.97 Å². The minimum atomic E-state index is -1.11. The number of aromatic nitrogens is 2. The number of rotatable bonds is 6. The van der Waals surface area contributed by atoms with E-state index in [0.29, 0.717) is 11.7 Å². The highest BCUT2D eigenvalue weighted by atomic mass is 32.1. The van der Waals surface area contributed by atoms with E-state index in [1.165, 1.54) is 6.07 Å². The third-order valence-electron chi connectivity index (χ3n) is 6.84. The van der Waals surface area contributed by atoms with Crippen molar-refractivity contribution in [3.05, 3.63) is 53.7 Å². The maximum absolute atomic E-state index is 13.5. The maximum atomic E-state index is 13.5. The van der Waals surface area contributed by atoms with Crippen LogP contribution in [0.15, 0.2) is 52.5 Å². The molecule has 0 aliphatic heterocycles. The number of thiazole rings is 1. The Bertz CT molecular complexity index is 1330. The van der Waals surface area contributed by atoms with E-state index in [-0.39, 0.29) is 29.3 Å². The Labute approximate surface area is 208 Å². The molecular weight excluding hydrogens is 462 g/mol. The number of imidazole rings is 1. The molecule has 1 saturated carbocycles. The number of carbonyl (C=O) groups is 2. The van der Waals surface area contributed by atoms with Gasteiger partial charge in [-0.15, -0.1) is 11.3 Å². The van der Waals surface area contributed by atoms with Crippen molar-refractivity contribution in [2.45, 2.75) is 52.5 Å². The Morgan fingerprint density at radius 2 is 1.83 bits per heavy atom. The van der Waals surface area contributed by atoms with E-state index >= 15 is 0 Å². The molecule has 3 heterocycles. The summed E-state index contributed by atoms with van der Waals surface area (Å²) in [6.45, 7) is 5.99. The van der Waals surface area contributed by atoms with Crippen LogP contribution in [0, 0.1) is 11.8 Å². The fourth-order valence-electron chi connectivity index (χ4n) is 4.82. The van der Waals surface area contributed by atoms with Crippen LogP contribution in [0.4, 0.5) is 5.88 Å². The van der Waals surface area contributed by atoms with Crippen molar-refractivity contribution in [2.24, 2.45) is 11.8 Å². The standard InChI is InChI=1S/C27H29N3O4S/c1-16(2)30(24(31)20-6-4-17(3)5-7-20)25-21(26(32)33)14-23(34-25)19-10-8-18(9-11-19)22-15-29-12-13-35-27(29)28-22/h8-17,20H,4-7H2,1-3H3,(H,32,33). The van der Waals surface area contributed by atoms with Crippen LogP contribution in [-0.4, -0.2) is 32.4 Å². The number of fused-ring (bicyclic) bond motifs is 1. The van der Waals surface area contributed by atoms with Crippen LogP contribution in [0.3, 0.4) is 0 Å². The molecule has 1 fully saturated rings. The predicted octanol–water partition coefficient (Wildman–Crippen LogP) is 6.59. The van der Waals surface area contributed by atoms with Crippen molar-refractivity contribution >= 4 is 34.1 Å². The van der Waals surface area contributed by atoms with Crippen LogP contribution in [0.2, 0.25) is 0 Å². The number of carbonyl (C=O) groups excluding carboxylic acids is 1. The number of furan rings is 1. The number of carboxylic acid groups (broad SMARTS) is 1. The number of benzene rings is 1. The van der Waals surface area contributed by atoms with E-state index in [2.05, 4.69) is 11.9 Å². The lowest BCUT2D eigenvalue weighted by atomic mass is 9.82. The van der Waals surface area contributed by atoms with Crippen LogP contribution in [0.5, 0.6) is 0 Å². The molecule has 3 aromatic heterocycles. The smallest absolute Gasteiger partial charge is 0.341 e. The topological polar surface area (TPSA) is 88.0 Å². The fourth-order valence-corrected chi connectivity index (χ4v) is 5.52. The van der Waals surface area contributed by atoms with E-state index in [4.69, 9.17) is 4.42 Å². The predicted molar refractivity (Wildman–Crippen MR) is 137 cm³/mol. The zero-order valence-electron chi connectivity index (χ0n) is 20.1. The molecule has 1 N–H and O–H groups in total. The zero-order chi connectivity index (χ0) is 24.7. The molecule has 35 heavy (non-hydrogen) atoms. The van der Waals surface area contributed by atoms with Gasteiger partial charge in [-0.3, -0.25) is 14.1 Å². The molecule has 1 aromatic carbocycles. The van der Waals surface area contributed by atoms with Gasteiger partial charge < -0.3 is 9.52 Å². The number of hydrogen-bond acceptors (Lipinski definition) is 5. The zero-order valence-corrected chi connectivity index (χ0v) is 20.9. The highest BCUT2D eigenvalue weighted by Gasteiger charge is 2.34. The van der Waals surface area contributed by atoms with Gasteiger partial charge in [0.1, 0.15) is 11.3 Å². The van der Waals surface area contributed by atoms with E-state index < -0.39 is 5.97 Å². The molecule has 0 bridgehead atoms. The third kappa shape index (κ3) is 4.50. The van der Waals surface area contributed by atoms with Gasteiger partial charge in [0.2, 0.25) is 11.8 Å². The lowest BCUT2D eigenvalue weighted by molar-refractivity contribution is -0.124. The van der Waals surface area contributed by atoms with Crippen molar-refractivity contribution in [3.8, 4) is 22.6 Å². The highest BCUT2D eigenvalue weighted by Crippen LogP contribution is 2.37. The number of carboxylic acids is 1. The quantitative estimate of drug-likeness (QED) is 0.329. The Kier molecular flexibility index (Phi) is 6.23. The first-order valence-electron chi connectivity index (χ1n) is 12.0. The average Bonchev–Trinajstić information content (AvgIpc) is 3.55. The molecule has 8 heteroatoms. The van der Waals surface area contributed by atoms with E-state index in [0.717, 1.165) is 47.5 Å². The lowest BCUT2D eigenvalue weighted by Gasteiger charge is -2.32. The molecule has 1 amide bonds. The summed E-state index contributed by atoms with van der Waals surface area (Å²) in [5.41, 5.74) is 2.57. The monoisotopic (exact) mass is 491 g/mol. The molecule has 0 atom stereocenters. The largest absolute Gasteiger partial charge is 0.477 e. The maximum Gasteiger partial charge on any atom is 0.341 e. The molecule has 0 saturated heterocycles. The van der Waals surface area contributed by atoms with Crippen molar-refractivity contribution in [3.63, 3.8) is 0 Å². The second-order valence-electron chi connectivity index (χ2n) is 9.69. The van der Waals surface area contributed by atoms with Gasteiger partial charge in [-0.05, 0) is 45.4 Å². The Hall–Kier alpha value is -3.39. The summed E-state index contributed by atoms with van der Waals surface area (Å²) < 4.78 is 8.09. The number of nitrogens with zero attached hydrogens (tertiary/aromatic N) is 3. The average molecular weight is 492 g/mol. The molecule has 0 radical (unpaired) electrons. The summed E-state index contributed by atoms with van der Waals surface area (Å²) >= 11 is 1.58. The Balaban J connectivity index is 1.46. The van der Waals surface area contributed by atoms with E-state index in [9.17, 15) is 14.7 Å². The highest BCUT2D eigenvalue weighted by molar-refractivity contribution is 7.15. The van der Waals surface area contributed by atoms with Gasteiger partial charge in [0.25, 0.3) is 0 Å². The summed E-state index contributed by atoms with van der Waals surface area (Å²) in [6, 6.07) is 8.96. The van der Waals surface area contributed by atoms with Gasteiger partial charge in [-0.2, -0.15) is 0 Å². The third-order valence-corrected chi connectivity index (χ3v) is 7.61. The van der Waals surface area contributed by atoms with Crippen molar-refractivity contribution in [1.29, 1.82) is 0 Å². The normalized spacial score (nSPS) is 18.3. The molecule has 4 aromatic rings. The molecule has 7 nitrogen and oxygen atoms in total. The van der Waals surface area contributed by atoms with Crippen LogP contribution >= 0.6 is 11.3 Å². The number of hydrogen-bond donors (Lipinski definition) is 1. The number of amides is 1. The molecule has 5 rings (SSSR count). The van der Waals surface area contributed by atoms with Crippen molar-refractivity contribution < 1.29 is 19.1 Å². The van der Waals surface area contributed by atoms with Gasteiger partial charge in [0.05, 0.1) is 5.69 Å². The van der Waals surface area contributed by atoms with Crippen molar-refractivity contribution in [1.82, 2.24) is 9.38 Å². The first-order chi connectivity index (χ1) is 16.8. The van der Waals surface area contributed by atoms with Crippen molar-refractivity contribution in [2.75, 3.05) is 4.90 Å². The second-order valence-corrected chi connectivity index (χ2v) is 10.6. The first kappa shape index (κ1) is 23.4. The number of aromatic carboxylic acids is 1. The lowest BCUT2D eigenvalue weighted by Crippen LogP contribution is -2.42. The fraction of sp³-hybridized carbons (Fsp3) is 0.370. The summed E-state index contributed by atoms with van der Waals surface area (Å²) in [5.74, 6) is -0.105. The van der Waals surface area contributed by atoms with Crippen LogP contribution in [-0.2, 0) is 4.79 Å². The van der Waals surface area contributed by atoms with Gasteiger partial charge in [0.15, 0.2) is 4.96 Å². The van der Waals surface area contributed by atoms with Crippen LogP contribution in [0.1, 0.15) is 56.8 Å². The minimum Gasteiger partial charge on any atom is -0.477 e. The Morgan fingerprint density at radius 1 is 1.14 bits per heavy atom. The molecule has 0 spiro atoms. The SMILES string of the molecule is CC1CCC(C(=O)N(c2oc(-c3ccc(-c4cn5ccsc5n4)cc3)cc2C(=O)O)C(C)C)CC1. The molecule has 182 valence electrons. The van der Waals surface area contributed by atoms with Gasteiger partial charge in [0, 0.05) is 46.9 Å². The summed E-state index contributed by atoms with van der Waals surface area (Å²) in [7, 11) is 0. The Morgan fingerprint density at radius 3 is 2.46 bits per heavy atom. The van der Waals surface area contributed by atoms with Crippen LogP contribution in [0.25, 0.3) is 27.5 Å². The second kappa shape index (κ2) is 9.34. The molecule has 1 aliphatic carbocycles. The molecular formula is C27H29N3O4S. The van der Waals surface area contributed by atoms with Gasteiger partial charge in [-0.25, -0.2) is 9.78 Å². The molecule has 0 unspecified atom stereocenters. The van der Waals surface area contributed by atoms with E-state index in [1.54, 1.807) is 16.2 Å². The summed E-state index contributed by atoms with van der Waals surface area (Å²) in [6.07, 6.45) is 7.63. The summed E-state index contributed by atoms with van der Waals surface area (Å²) in [4.78, 5) is 32.7. The van der Waals surface area contributed by atoms with Gasteiger partial charge in [-0.1, -0.05) is 31.2 Å². The first-order valence-corrected chi connectivity index (χ1v) is 12.9.